The standard InChI is InChI=1S/C15H27N5O.2ClH/c1-12-2-4-13(5-3-12)20-8-6-19(7-9-20)11-14-17-15(10-16)21-18-14;;/h12-13H,2-11,16H2,1H3;2*1H. The fourth-order valence-electron chi connectivity index (χ4n) is 3.53. The lowest BCUT2D eigenvalue weighted by atomic mass is 9.86. The molecule has 1 saturated carbocycles. The molecule has 1 saturated heterocycles. The van der Waals surface area contributed by atoms with Crippen LogP contribution in [0.3, 0.4) is 0 Å². The first kappa shape index (κ1) is 20.6. The van der Waals surface area contributed by atoms with E-state index in [9.17, 15) is 0 Å². The normalized spacial score (nSPS) is 26.3. The molecule has 2 N–H and O–H groups in total. The molecule has 0 aromatic carbocycles. The Kier molecular flexibility index (Phi) is 8.79. The van der Waals surface area contributed by atoms with Crippen LogP contribution in [-0.2, 0) is 13.1 Å². The summed E-state index contributed by atoms with van der Waals surface area (Å²) in [7, 11) is 0. The van der Waals surface area contributed by atoms with E-state index in [1.807, 2.05) is 0 Å². The monoisotopic (exact) mass is 365 g/mol. The molecule has 134 valence electrons. The quantitative estimate of drug-likeness (QED) is 0.880. The molecule has 0 unspecified atom stereocenters. The minimum atomic E-state index is 0. The molecule has 0 bridgehead atoms. The molecule has 1 aliphatic carbocycles. The van der Waals surface area contributed by atoms with Crippen LogP contribution >= 0.6 is 24.8 Å². The fourth-order valence-corrected chi connectivity index (χ4v) is 3.53. The van der Waals surface area contributed by atoms with E-state index in [1.54, 1.807) is 0 Å². The summed E-state index contributed by atoms with van der Waals surface area (Å²) in [5.41, 5.74) is 5.49. The molecule has 0 atom stereocenters. The van der Waals surface area contributed by atoms with Gasteiger partial charge in [-0.2, -0.15) is 4.98 Å². The Morgan fingerprint density at radius 2 is 1.74 bits per heavy atom. The summed E-state index contributed by atoms with van der Waals surface area (Å²) in [5.74, 6) is 2.22. The Morgan fingerprint density at radius 3 is 2.30 bits per heavy atom. The number of nitrogens with two attached hydrogens (primary N) is 1. The number of hydrogen-bond donors (Lipinski definition) is 1. The van der Waals surface area contributed by atoms with Crippen LogP contribution in [0.5, 0.6) is 0 Å². The number of piperazine rings is 1. The van der Waals surface area contributed by atoms with E-state index in [0.717, 1.165) is 37.4 Å². The third kappa shape index (κ3) is 5.57. The van der Waals surface area contributed by atoms with Crippen molar-refractivity contribution < 1.29 is 4.52 Å². The molecular weight excluding hydrogens is 337 g/mol. The number of rotatable bonds is 4. The summed E-state index contributed by atoms with van der Waals surface area (Å²) in [6.45, 7) is 8.01. The first-order chi connectivity index (χ1) is 10.2. The van der Waals surface area contributed by atoms with Crippen LogP contribution < -0.4 is 5.73 Å². The predicted octanol–water partition coefficient (Wildman–Crippen LogP) is 2.07. The van der Waals surface area contributed by atoms with Crippen LogP contribution in [-0.4, -0.2) is 52.2 Å². The van der Waals surface area contributed by atoms with Crippen molar-refractivity contribution >= 4 is 24.8 Å². The second-order valence-electron chi connectivity index (χ2n) is 6.53. The van der Waals surface area contributed by atoms with Crippen molar-refractivity contribution in [1.29, 1.82) is 0 Å². The van der Waals surface area contributed by atoms with Crippen molar-refractivity contribution in [3.8, 4) is 0 Å². The maximum absolute atomic E-state index is 5.49. The maximum Gasteiger partial charge on any atom is 0.240 e. The molecular formula is C15H29Cl2N5O. The Bertz CT molecular complexity index is 443. The Morgan fingerprint density at radius 1 is 1.09 bits per heavy atom. The van der Waals surface area contributed by atoms with Gasteiger partial charge < -0.3 is 10.3 Å². The van der Waals surface area contributed by atoms with E-state index in [0.29, 0.717) is 12.4 Å². The average Bonchev–Trinajstić information content (AvgIpc) is 2.97. The van der Waals surface area contributed by atoms with E-state index in [-0.39, 0.29) is 24.8 Å². The summed E-state index contributed by atoms with van der Waals surface area (Å²) in [4.78, 5) is 9.38. The zero-order valence-corrected chi connectivity index (χ0v) is 15.4. The molecule has 8 heteroatoms. The highest BCUT2D eigenvalue weighted by atomic mass is 35.5. The van der Waals surface area contributed by atoms with Gasteiger partial charge in [0.1, 0.15) is 0 Å². The third-order valence-electron chi connectivity index (χ3n) is 4.96. The molecule has 2 heterocycles. The zero-order valence-electron chi connectivity index (χ0n) is 13.8. The first-order valence-corrected chi connectivity index (χ1v) is 8.22. The van der Waals surface area contributed by atoms with E-state index in [4.69, 9.17) is 10.3 Å². The first-order valence-electron chi connectivity index (χ1n) is 8.22. The number of nitrogens with zero attached hydrogens (tertiary/aromatic N) is 4. The number of halogens is 2. The van der Waals surface area contributed by atoms with Crippen LogP contribution in [0.2, 0.25) is 0 Å². The van der Waals surface area contributed by atoms with Crippen LogP contribution in [0, 0.1) is 5.92 Å². The van der Waals surface area contributed by atoms with Gasteiger partial charge in [-0.25, -0.2) is 0 Å². The van der Waals surface area contributed by atoms with Crippen LogP contribution in [0.25, 0.3) is 0 Å². The highest BCUT2D eigenvalue weighted by molar-refractivity contribution is 5.85. The van der Waals surface area contributed by atoms with Crippen molar-refractivity contribution in [3.63, 3.8) is 0 Å². The molecule has 0 radical (unpaired) electrons. The Hall–Kier alpha value is -0.400. The lowest BCUT2D eigenvalue weighted by molar-refractivity contribution is 0.0674. The van der Waals surface area contributed by atoms with Gasteiger partial charge in [0.2, 0.25) is 5.89 Å². The average molecular weight is 366 g/mol. The van der Waals surface area contributed by atoms with E-state index < -0.39 is 0 Å². The van der Waals surface area contributed by atoms with Gasteiger partial charge in [-0.05, 0) is 31.6 Å². The van der Waals surface area contributed by atoms with Crippen LogP contribution in [0.4, 0.5) is 0 Å². The van der Waals surface area contributed by atoms with Crippen LogP contribution in [0.15, 0.2) is 4.52 Å². The molecule has 0 spiro atoms. The van der Waals surface area contributed by atoms with Gasteiger partial charge in [-0.3, -0.25) is 9.80 Å². The second-order valence-corrected chi connectivity index (χ2v) is 6.53. The van der Waals surface area contributed by atoms with Gasteiger partial charge in [-0.1, -0.05) is 12.1 Å². The summed E-state index contributed by atoms with van der Waals surface area (Å²) >= 11 is 0. The second kappa shape index (κ2) is 9.79. The van der Waals surface area contributed by atoms with Gasteiger partial charge in [0.05, 0.1) is 13.1 Å². The van der Waals surface area contributed by atoms with Crippen molar-refractivity contribution in [3.05, 3.63) is 11.7 Å². The van der Waals surface area contributed by atoms with Crippen molar-refractivity contribution in [1.82, 2.24) is 19.9 Å². The lowest BCUT2D eigenvalue weighted by Gasteiger charge is -2.41. The molecule has 1 aromatic heterocycles. The molecule has 6 nitrogen and oxygen atoms in total. The smallest absolute Gasteiger partial charge is 0.240 e. The Balaban J connectivity index is 0.00000132. The van der Waals surface area contributed by atoms with Crippen molar-refractivity contribution in [2.75, 3.05) is 26.2 Å². The molecule has 2 fully saturated rings. The van der Waals surface area contributed by atoms with Gasteiger partial charge in [0.15, 0.2) is 5.82 Å². The predicted molar refractivity (Wildman–Crippen MR) is 95.0 cm³/mol. The summed E-state index contributed by atoms with van der Waals surface area (Å²) in [6, 6.07) is 0.817. The highest BCUT2D eigenvalue weighted by Gasteiger charge is 2.27. The molecule has 1 aliphatic heterocycles. The summed E-state index contributed by atoms with van der Waals surface area (Å²) in [5, 5.41) is 3.98. The number of aromatic nitrogens is 2. The largest absolute Gasteiger partial charge is 0.338 e. The Labute approximate surface area is 151 Å². The highest BCUT2D eigenvalue weighted by Crippen LogP contribution is 2.27. The topological polar surface area (TPSA) is 71.4 Å². The molecule has 1 aromatic rings. The lowest BCUT2D eigenvalue weighted by Crippen LogP contribution is -2.50. The minimum absolute atomic E-state index is 0. The molecule has 23 heavy (non-hydrogen) atoms. The SMILES string of the molecule is CC1CCC(N2CCN(Cc3noc(CN)n3)CC2)CC1.Cl.Cl. The maximum atomic E-state index is 5.49. The van der Waals surface area contributed by atoms with E-state index in [1.165, 1.54) is 38.8 Å². The zero-order chi connectivity index (χ0) is 14.7. The molecule has 2 aliphatic rings. The van der Waals surface area contributed by atoms with Crippen molar-refractivity contribution in [2.24, 2.45) is 11.7 Å². The van der Waals surface area contributed by atoms with Gasteiger partial charge >= 0.3 is 0 Å². The molecule has 0 amide bonds. The van der Waals surface area contributed by atoms with E-state index in [2.05, 4.69) is 26.9 Å². The van der Waals surface area contributed by atoms with Gasteiger partial charge in [0, 0.05) is 32.2 Å². The van der Waals surface area contributed by atoms with Gasteiger partial charge in [-0.15, -0.1) is 24.8 Å². The number of hydrogen-bond acceptors (Lipinski definition) is 6. The minimum Gasteiger partial charge on any atom is -0.338 e. The third-order valence-corrected chi connectivity index (χ3v) is 4.96. The fraction of sp³-hybridized carbons (Fsp3) is 0.867. The summed E-state index contributed by atoms with van der Waals surface area (Å²) < 4.78 is 5.06. The van der Waals surface area contributed by atoms with E-state index >= 15 is 0 Å². The van der Waals surface area contributed by atoms with Crippen LogP contribution in [0.1, 0.15) is 44.3 Å². The van der Waals surface area contributed by atoms with Gasteiger partial charge in [0.25, 0.3) is 0 Å². The molecule has 3 rings (SSSR count). The summed E-state index contributed by atoms with van der Waals surface area (Å²) in [6.07, 6.45) is 5.56. The van der Waals surface area contributed by atoms with Crippen molar-refractivity contribution in [2.45, 2.75) is 51.7 Å².